The van der Waals surface area contributed by atoms with Crippen LogP contribution < -0.4 is 10.5 Å². The van der Waals surface area contributed by atoms with E-state index in [2.05, 4.69) is 13.8 Å². The number of ether oxygens (including phenoxy) is 1. The van der Waals surface area contributed by atoms with Crippen LogP contribution in [0.5, 0.6) is 5.75 Å². The Hall–Kier alpha value is -1.06. The number of nitrogens with two attached hydrogens (primary N) is 1. The van der Waals surface area contributed by atoms with E-state index in [1.54, 1.807) is 7.11 Å². The Morgan fingerprint density at radius 1 is 1.35 bits per heavy atom. The molecule has 1 aromatic rings. The van der Waals surface area contributed by atoms with Gasteiger partial charge in [-0.3, -0.25) is 0 Å². The van der Waals surface area contributed by atoms with Crippen LogP contribution in [-0.4, -0.2) is 23.4 Å². The second kappa shape index (κ2) is 5.38. The quantitative estimate of drug-likeness (QED) is 0.892. The highest BCUT2D eigenvalue weighted by Crippen LogP contribution is 2.47. The first-order valence-corrected chi connectivity index (χ1v) is 7.48. The predicted octanol–water partition coefficient (Wildman–Crippen LogP) is 3.07. The van der Waals surface area contributed by atoms with Crippen molar-refractivity contribution in [2.24, 2.45) is 11.7 Å². The fourth-order valence-electron chi connectivity index (χ4n) is 3.52. The molecule has 0 saturated heterocycles. The monoisotopic (exact) mass is 277 g/mol. The molecule has 3 heteroatoms. The fourth-order valence-corrected chi connectivity index (χ4v) is 3.52. The highest BCUT2D eigenvalue weighted by molar-refractivity contribution is 5.32. The molecule has 1 aromatic carbocycles. The summed E-state index contributed by atoms with van der Waals surface area (Å²) in [7, 11) is 1.66. The zero-order valence-corrected chi connectivity index (χ0v) is 13.0. The van der Waals surface area contributed by atoms with Crippen LogP contribution in [0.3, 0.4) is 0 Å². The van der Waals surface area contributed by atoms with Gasteiger partial charge in [0.2, 0.25) is 0 Å². The van der Waals surface area contributed by atoms with E-state index in [1.807, 2.05) is 31.2 Å². The first-order chi connectivity index (χ1) is 9.33. The van der Waals surface area contributed by atoms with Crippen molar-refractivity contribution in [1.29, 1.82) is 0 Å². The van der Waals surface area contributed by atoms with E-state index in [9.17, 15) is 5.11 Å². The summed E-state index contributed by atoms with van der Waals surface area (Å²) >= 11 is 0. The molecule has 0 radical (unpaired) electrons. The van der Waals surface area contributed by atoms with Gasteiger partial charge in [-0.05, 0) is 43.4 Å². The van der Waals surface area contributed by atoms with Crippen LogP contribution in [0.1, 0.15) is 51.5 Å². The summed E-state index contributed by atoms with van der Waals surface area (Å²) in [5.41, 5.74) is 6.20. The third kappa shape index (κ3) is 2.33. The maximum absolute atomic E-state index is 11.3. The van der Waals surface area contributed by atoms with Crippen molar-refractivity contribution in [2.75, 3.05) is 7.11 Å². The first kappa shape index (κ1) is 15.3. The van der Waals surface area contributed by atoms with Crippen molar-refractivity contribution in [3.8, 4) is 5.75 Å². The standard InChI is InChI=1S/C17H27NO2/c1-12-6-5-11-17(19,16(12,3)18)13(2)14-7-9-15(20-4)10-8-14/h7-10,12-13,19H,5-6,11,18H2,1-4H3. The maximum atomic E-state index is 11.3. The molecule has 0 bridgehead atoms. The van der Waals surface area contributed by atoms with Crippen LogP contribution in [-0.2, 0) is 0 Å². The largest absolute Gasteiger partial charge is 0.497 e. The van der Waals surface area contributed by atoms with Crippen LogP contribution in [0.4, 0.5) is 0 Å². The Labute approximate surface area is 122 Å². The minimum atomic E-state index is -0.862. The van der Waals surface area contributed by atoms with Crippen LogP contribution >= 0.6 is 0 Å². The van der Waals surface area contributed by atoms with E-state index >= 15 is 0 Å². The average Bonchev–Trinajstić information content (AvgIpc) is 2.44. The molecule has 4 atom stereocenters. The minimum Gasteiger partial charge on any atom is -0.497 e. The molecule has 1 saturated carbocycles. The lowest BCUT2D eigenvalue weighted by atomic mass is 9.59. The van der Waals surface area contributed by atoms with Crippen LogP contribution in [0.2, 0.25) is 0 Å². The van der Waals surface area contributed by atoms with Crippen molar-refractivity contribution >= 4 is 0 Å². The maximum Gasteiger partial charge on any atom is 0.118 e. The summed E-state index contributed by atoms with van der Waals surface area (Å²) in [6, 6.07) is 7.93. The highest BCUT2D eigenvalue weighted by Gasteiger charge is 2.53. The Bertz CT molecular complexity index is 455. The van der Waals surface area contributed by atoms with Gasteiger partial charge in [0.05, 0.1) is 12.7 Å². The van der Waals surface area contributed by atoms with Crippen LogP contribution in [0, 0.1) is 5.92 Å². The van der Waals surface area contributed by atoms with Gasteiger partial charge < -0.3 is 15.6 Å². The van der Waals surface area contributed by atoms with E-state index in [0.29, 0.717) is 5.92 Å². The number of methoxy groups -OCH3 is 1. The molecular weight excluding hydrogens is 250 g/mol. The van der Waals surface area contributed by atoms with Gasteiger partial charge in [0.25, 0.3) is 0 Å². The third-order valence-corrected chi connectivity index (χ3v) is 5.48. The van der Waals surface area contributed by atoms with Gasteiger partial charge in [-0.2, -0.15) is 0 Å². The van der Waals surface area contributed by atoms with Gasteiger partial charge in [0.15, 0.2) is 0 Å². The molecule has 1 aliphatic rings. The van der Waals surface area contributed by atoms with Crippen molar-refractivity contribution < 1.29 is 9.84 Å². The van der Waals surface area contributed by atoms with Crippen molar-refractivity contribution in [3.05, 3.63) is 29.8 Å². The lowest BCUT2D eigenvalue weighted by molar-refractivity contribution is -0.0966. The lowest BCUT2D eigenvalue weighted by Gasteiger charge is -2.53. The van der Waals surface area contributed by atoms with Crippen molar-refractivity contribution in [2.45, 2.75) is 57.1 Å². The van der Waals surface area contributed by atoms with Crippen molar-refractivity contribution in [1.82, 2.24) is 0 Å². The smallest absolute Gasteiger partial charge is 0.118 e. The number of hydrogen-bond donors (Lipinski definition) is 2. The Morgan fingerprint density at radius 3 is 2.50 bits per heavy atom. The second-order valence-corrected chi connectivity index (χ2v) is 6.50. The Kier molecular flexibility index (Phi) is 4.12. The summed E-state index contributed by atoms with van der Waals surface area (Å²) in [5.74, 6) is 1.16. The molecule has 1 fully saturated rings. The zero-order chi connectivity index (χ0) is 15.0. The number of aliphatic hydroxyl groups is 1. The van der Waals surface area contributed by atoms with E-state index in [1.165, 1.54) is 0 Å². The number of hydrogen-bond acceptors (Lipinski definition) is 3. The molecule has 1 aliphatic carbocycles. The van der Waals surface area contributed by atoms with E-state index in [0.717, 1.165) is 30.6 Å². The van der Waals surface area contributed by atoms with Crippen molar-refractivity contribution in [3.63, 3.8) is 0 Å². The summed E-state index contributed by atoms with van der Waals surface area (Å²) in [6.45, 7) is 6.21. The van der Waals surface area contributed by atoms with Gasteiger partial charge in [0, 0.05) is 11.5 Å². The van der Waals surface area contributed by atoms with Crippen LogP contribution in [0.25, 0.3) is 0 Å². The average molecular weight is 277 g/mol. The normalized spacial score (nSPS) is 35.6. The zero-order valence-electron chi connectivity index (χ0n) is 13.0. The number of rotatable bonds is 3. The van der Waals surface area contributed by atoms with Gasteiger partial charge >= 0.3 is 0 Å². The molecular formula is C17H27NO2. The molecule has 0 amide bonds. The Morgan fingerprint density at radius 2 is 1.95 bits per heavy atom. The molecule has 4 unspecified atom stereocenters. The predicted molar refractivity (Wildman–Crippen MR) is 82.0 cm³/mol. The fraction of sp³-hybridized carbons (Fsp3) is 0.647. The lowest BCUT2D eigenvalue weighted by Crippen LogP contribution is -2.66. The molecule has 112 valence electrons. The first-order valence-electron chi connectivity index (χ1n) is 7.48. The topological polar surface area (TPSA) is 55.5 Å². The molecule has 0 aromatic heterocycles. The summed E-state index contributed by atoms with van der Waals surface area (Å²) < 4.78 is 5.19. The number of benzene rings is 1. The minimum absolute atomic E-state index is 0.00570. The van der Waals surface area contributed by atoms with E-state index < -0.39 is 11.1 Å². The van der Waals surface area contributed by atoms with Gasteiger partial charge in [-0.25, -0.2) is 0 Å². The molecule has 0 heterocycles. The summed E-state index contributed by atoms with van der Waals surface area (Å²) in [4.78, 5) is 0. The molecule has 0 spiro atoms. The van der Waals surface area contributed by atoms with E-state index in [-0.39, 0.29) is 5.92 Å². The van der Waals surface area contributed by atoms with Gasteiger partial charge in [-0.15, -0.1) is 0 Å². The summed E-state index contributed by atoms with van der Waals surface area (Å²) in [6.07, 6.45) is 2.88. The second-order valence-electron chi connectivity index (χ2n) is 6.50. The third-order valence-electron chi connectivity index (χ3n) is 5.48. The summed E-state index contributed by atoms with van der Waals surface area (Å²) in [5, 5.41) is 11.3. The SMILES string of the molecule is COc1ccc(C(C)C2(O)CCCC(C)C2(C)N)cc1. The molecule has 0 aliphatic heterocycles. The van der Waals surface area contributed by atoms with Crippen LogP contribution in [0.15, 0.2) is 24.3 Å². The van der Waals surface area contributed by atoms with E-state index in [4.69, 9.17) is 10.5 Å². The molecule has 3 N–H and O–H groups in total. The van der Waals surface area contributed by atoms with Gasteiger partial charge in [0.1, 0.15) is 5.75 Å². The highest BCUT2D eigenvalue weighted by atomic mass is 16.5. The molecule has 2 rings (SSSR count). The van der Waals surface area contributed by atoms with Gasteiger partial charge in [-0.1, -0.05) is 32.4 Å². The molecule has 3 nitrogen and oxygen atoms in total. The molecule has 20 heavy (non-hydrogen) atoms. The Balaban J connectivity index is 2.31.